The van der Waals surface area contributed by atoms with Crippen molar-refractivity contribution in [2.24, 2.45) is 0 Å². The SMILES string of the molecule is CCN(c1cc(-c2ccc(CN(C)C)cc2)cc(C(=O)NCc2c(C)c(CCN(c3cc(-c4ccc(CN5C[C@H]6C[C@@H]5CO6)cc4)cc(C(=O)NCc4c(C)c(CCN(c5cc(-c6ccc(CN7C[C@@H]8C[C@H]7CO8)cc6)cc(C(=O)NCc6c(C)cc(C)[nH]c6=O)c5C)C5CCOCC5)c(C)[nH]c4=O)c3C)C3CCOCC3)c(C)[nH]c2=O)c1C)C1CCOCC1. The maximum Gasteiger partial charge on any atom is 0.253 e. The number of morpholine rings is 2. The number of nitrogens with zero attached hydrogens (tertiary/aromatic N) is 6. The van der Waals surface area contributed by atoms with Gasteiger partial charge in [0.05, 0.1) is 25.4 Å². The summed E-state index contributed by atoms with van der Waals surface area (Å²) in [7, 11) is 4.12. The highest BCUT2D eigenvalue weighted by Gasteiger charge is 2.41. The van der Waals surface area contributed by atoms with Crippen molar-refractivity contribution in [2.75, 3.05) is 114 Å². The van der Waals surface area contributed by atoms with Gasteiger partial charge in [-0.3, -0.25) is 38.6 Å². The van der Waals surface area contributed by atoms with E-state index in [0.29, 0.717) is 117 Å². The summed E-state index contributed by atoms with van der Waals surface area (Å²) in [6, 6.07) is 41.8. The number of amides is 3. The number of hydrogen-bond donors (Lipinski definition) is 6. The van der Waals surface area contributed by atoms with Crippen LogP contribution in [-0.2, 0) is 75.8 Å². The van der Waals surface area contributed by atoms with Gasteiger partial charge in [0, 0.05) is 209 Å². The Morgan fingerprint density at radius 3 is 1.11 bits per heavy atom. The number of hydrogen-bond acceptors (Lipinski definition) is 17. The van der Waals surface area contributed by atoms with Crippen molar-refractivity contribution in [2.45, 2.75) is 215 Å². The molecule has 6 N–H and O–H groups in total. The fourth-order valence-corrected chi connectivity index (χ4v) is 20.8. The van der Waals surface area contributed by atoms with E-state index < -0.39 is 0 Å². The molecule has 6 aromatic carbocycles. The topological polar surface area (TPSA) is 251 Å². The quantitative estimate of drug-likeness (QED) is 0.0236. The lowest BCUT2D eigenvalue weighted by Crippen LogP contribution is -2.42. The van der Waals surface area contributed by atoms with Crippen LogP contribution in [0, 0.1) is 62.3 Å². The number of fused-ring (bicyclic) bond motifs is 4. The molecule has 3 amide bonds. The van der Waals surface area contributed by atoms with E-state index in [2.05, 4.69) is 172 Å². The summed E-state index contributed by atoms with van der Waals surface area (Å²) in [6.45, 7) is 31.2. The molecule has 23 heteroatoms. The number of nitrogens with one attached hydrogen (secondary N) is 6. The molecule has 125 heavy (non-hydrogen) atoms. The van der Waals surface area contributed by atoms with Gasteiger partial charge in [0.1, 0.15) is 0 Å². The van der Waals surface area contributed by atoms with Gasteiger partial charge in [-0.25, -0.2) is 0 Å². The number of carbonyl (C=O) groups excluding carboxylic acids is 3. The molecule has 660 valence electrons. The number of carbonyl (C=O) groups is 3. The first-order valence-corrected chi connectivity index (χ1v) is 45.5. The minimum Gasteiger partial charge on any atom is -0.381 e. The van der Waals surface area contributed by atoms with Gasteiger partial charge < -0.3 is 74.2 Å². The number of pyridine rings is 3. The van der Waals surface area contributed by atoms with E-state index in [1.165, 1.54) is 16.7 Å². The molecule has 7 aliphatic heterocycles. The number of ether oxygens (including phenoxy) is 5. The average molecular weight is 1700 g/mol. The molecule has 7 fully saturated rings. The van der Waals surface area contributed by atoms with Crippen LogP contribution < -0.4 is 47.3 Å². The molecule has 4 bridgehead atoms. The number of anilines is 3. The van der Waals surface area contributed by atoms with E-state index in [1.54, 1.807) is 0 Å². The monoisotopic (exact) mass is 1690 g/mol. The van der Waals surface area contributed by atoms with E-state index >= 15 is 9.59 Å². The van der Waals surface area contributed by atoms with Gasteiger partial charge in [-0.05, 0) is 285 Å². The summed E-state index contributed by atoms with van der Waals surface area (Å²) >= 11 is 0. The zero-order valence-corrected chi connectivity index (χ0v) is 75.2. The van der Waals surface area contributed by atoms with Crippen molar-refractivity contribution < 1.29 is 38.1 Å². The molecule has 7 saturated heterocycles. The highest BCUT2D eigenvalue weighted by Crippen LogP contribution is 2.41. The number of likely N-dealkylation sites (tertiary alicyclic amines) is 2. The maximum absolute atomic E-state index is 15.7. The molecule has 16 rings (SSSR count). The second kappa shape index (κ2) is 38.9. The third kappa shape index (κ3) is 19.6. The Labute approximate surface area is 735 Å². The van der Waals surface area contributed by atoms with E-state index in [0.717, 1.165) is 216 Å². The minimum atomic E-state index is -0.320. The van der Waals surface area contributed by atoms with Crippen LogP contribution in [-0.4, -0.2) is 189 Å². The second-order valence-corrected chi connectivity index (χ2v) is 36.4. The molecule has 0 unspecified atom stereocenters. The molecule has 10 heterocycles. The Morgan fingerprint density at radius 1 is 0.416 bits per heavy atom. The standard InChI is InChI=1S/C102H126N12O11/c1-13-112(79-28-36-121-37-29-79)94-46-76(73-20-14-70(15-21-73)54-109(11)12)43-88(65(94)6)98(116)104-52-92-63(4)86(68(9)107-101(92)119)27-35-114(81-32-40-123-41-33-81)96-48-78(75-24-18-72(19-25-75)56-111-58-85-50-83(111)60-125-85)45-90(67(96)8)99(117)105-53-93-64(5)87(69(10)108-102(93)120)26-34-113(80-30-38-122-39-31-80)95-47-77(74-22-16-71(17-23-74)55-110-57-84-49-82(110)59-124-84)44-89(66(95)7)97(115)103-51-91-61(2)42-62(3)106-100(91)118/h14-25,42-48,79-85H,13,26-41,49-60H2,1-12H3,(H,103,115)(H,104,116)(H,105,117)(H,106,118)(H,107,119)(H,108,120)/t82-,83+,84-,85+/m0/s1. The lowest BCUT2D eigenvalue weighted by Gasteiger charge is -2.38. The molecule has 23 nitrogen and oxygen atoms in total. The Kier molecular flexibility index (Phi) is 27.4. The highest BCUT2D eigenvalue weighted by atomic mass is 16.5. The summed E-state index contributed by atoms with van der Waals surface area (Å²) in [5.74, 6) is -0.863. The largest absolute Gasteiger partial charge is 0.381 e. The van der Waals surface area contributed by atoms with Crippen molar-refractivity contribution in [3.8, 4) is 33.4 Å². The van der Waals surface area contributed by atoms with Crippen LogP contribution in [0.5, 0.6) is 0 Å². The molecule has 0 aliphatic carbocycles. The number of benzene rings is 6. The lowest BCUT2D eigenvalue weighted by atomic mass is 9.93. The van der Waals surface area contributed by atoms with Crippen LogP contribution in [0.25, 0.3) is 33.4 Å². The molecular weight excluding hydrogens is 1570 g/mol. The number of aryl methyl sites for hydroxylation is 4. The van der Waals surface area contributed by atoms with E-state index in [1.807, 2.05) is 86.6 Å². The van der Waals surface area contributed by atoms with Crippen LogP contribution in [0.4, 0.5) is 17.1 Å². The molecule has 7 aliphatic rings. The summed E-state index contributed by atoms with van der Waals surface area (Å²) in [4.78, 5) is 112. The Morgan fingerprint density at radius 2 is 0.768 bits per heavy atom. The third-order valence-electron chi connectivity index (χ3n) is 28.0. The van der Waals surface area contributed by atoms with Gasteiger partial charge in [0.25, 0.3) is 34.4 Å². The van der Waals surface area contributed by atoms with E-state index in [-0.39, 0.29) is 78.3 Å². The van der Waals surface area contributed by atoms with E-state index in [4.69, 9.17) is 23.7 Å². The van der Waals surface area contributed by atoms with Crippen LogP contribution in [0.2, 0.25) is 0 Å². The van der Waals surface area contributed by atoms with Gasteiger partial charge in [-0.15, -0.1) is 0 Å². The zero-order chi connectivity index (χ0) is 87.4. The number of rotatable bonds is 31. The van der Waals surface area contributed by atoms with Crippen molar-refractivity contribution in [1.29, 1.82) is 0 Å². The van der Waals surface area contributed by atoms with Crippen LogP contribution in [0.1, 0.15) is 184 Å². The van der Waals surface area contributed by atoms with Gasteiger partial charge in [0.2, 0.25) is 0 Å². The summed E-state index contributed by atoms with van der Waals surface area (Å²) in [5, 5.41) is 9.69. The lowest BCUT2D eigenvalue weighted by molar-refractivity contribution is 0.0272. The molecule has 4 atom stereocenters. The smallest absolute Gasteiger partial charge is 0.253 e. The number of aromatic nitrogens is 3. The predicted octanol–water partition coefficient (Wildman–Crippen LogP) is 13.8. The molecular formula is C102H126N12O11. The first-order valence-electron chi connectivity index (χ1n) is 45.5. The number of aromatic amines is 3. The average Bonchev–Trinajstić information content (AvgIpc) is 1.69. The fraction of sp³-hybridized carbons (Fsp3) is 0.471. The van der Waals surface area contributed by atoms with E-state index in [9.17, 15) is 19.2 Å². The predicted molar refractivity (Wildman–Crippen MR) is 494 cm³/mol. The Bertz CT molecular complexity index is 5620. The maximum atomic E-state index is 15.7. The van der Waals surface area contributed by atoms with Gasteiger partial charge in [-0.2, -0.15) is 0 Å². The number of H-pyrrole nitrogens is 3. The normalized spacial score (nSPS) is 18.8. The van der Waals surface area contributed by atoms with Crippen molar-refractivity contribution in [3.05, 3.63) is 258 Å². The van der Waals surface area contributed by atoms with Crippen LogP contribution >= 0.6 is 0 Å². The third-order valence-corrected chi connectivity index (χ3v) is 28.0. The summed E-state index contributed by atoms with van der Waals surface area (Å²) in [6.07, 6.45) is 8.58. The molecule has 0 radical (unpaired) electrons. The van der Waals surface area contributed by atoms with Crippen LogP contribution in [0.15, 0.2) is 130 Å². The molecule has 0 saturated carbocycles. The Hall–Kier alpha value is -10.3. The highest BCUT2D eigenvalue weighted by molar-refractivity contribution is 6.01. The summed E-state index contributed by atoms with van der Waals surface area (Å²) in [5.41, 5.74) is 23.4. The van der Waals surface area contributed by atoms with Crippen molar-refractivity contribution in [3.63, 3.8) is 0 Å². The summed E-state index contributed by atoms with van der Waals surface area (Å²) < 4.78 is 29.9. The fourth-order valence-electron chi connectivity index (χ4n) is 20.8. The van der Waals surface area contributed by atoms with Crippen molar-refractivity contribution >= 4 is 34.8 Å². The second-order valence-electron chi connectivity index (χ2n) is 36.4. The zero-order valence-electron chi connectivity index (χ0n) is 75.2. The molecule has 9 aromatic rings. The first kappa shape index (κ1) is 88.1. The Balaban J connectivity index is 0.687. The first-order chi connectivity index (χ1) is 60.4. The van der Waals surface area contributed by atoms with Crippen LogP contribution in [0.3, 0.4) is 0 Å². The molecule has 0 spiro atoms. The molecule has 3 aromatic heterocycles. The van der Waals surface area contributed by atoms with Gasteiger partial charge in [-0.1, -0.05) is 72.8 Å². The van der Waals surface area contributed by atoms with Crippen molar-refractivity contribution in [1.82, 2.24) is 45.6 Å². The minimum absolute atomic E-state index is 0.0113. The van der Waals surface area contributed by atoms with Gasteiger partial charge >= 0.3 is 0 Å². The van der Waals surface area contributed by atoms with Gasteiger partial charge in [0.15, 0.2) is 0 Å².